The van der Waals surface area contributed by atoms with E-state index in [9.17, 15) is 18.0 Å². The minimum atomic E-state index is -3.89. The number of amides is 1. The first-order valence-corrected chi connectivity index (χ1v) is 11.9. The summed E-state index contributed by atoms with van der Waals surface area (Å²) < 4.78 is 38.0. The Balaban J connectivity index is 1.83. The molecular formula is C20H30N4O6S. The Morgan fingerprint density at radius 2 is 1.84 bits per heavy atom. The van der Waals surface area contributed by atoms with Gasteiger partial charge in [-0.1, -0.05) is 13.8 Å². The summed E-state index contributed by atoms with van der Waals surface area (Å²) in [6.45, 7) is 6.05. The van der Waals surface area contributed by atoms with Crippen LogP contribution in [0, 0.1) is 5.92 Å². The van der Waals surface area contributed by atoms with Gasteiger partial charge in [-0.3, -0.25) is 4.79 Å². The van der Waals surface area contributed by atoms with E-state index in [0.717, 1.165) is 0 Å². The number of carbonyl (C=O) groups is 2. The standard InChI is InChI=1S/C20H30N4O6S/c1-14(2)19(25)23-6-4-16(5-7-23)22-18-17(12-15(13-21-18)20(26)29-3)31(27,28)24-8-10-30-11-9-24/h12-14,16H,4-11H2,1-3H3,(H,21,22). The topological polar surface area (TPSA) is 118 Å². The molecule has 10 nitrogen and oxygen atoms in total. The number of pyridine rings is 1. The molecule has 1 aromatic rings. The maximum Gasteiger partial charge on any atom is 0.339 e. The molecule has 1 N–H and O–H groups in total. The number of sulfonamides is 1. The highest BCUT2D eigenvalue weighted by molar-refractivity contribution is 7.89. The van der Waals surface area contributed by atoms with Crippen LogP contribution in [-0.2, 0) is 24.3 Å². The molecule has 2 aliphatic rings. The van der Waals surface area contributed by atoms with Gasteiger partial charge in [0.05, 0.1) is 25.9 Å². The molecular weight excluding hydrogens is 424 g/mol. The summed E-state index contributed by atoms with van der Waals surface area (Å²) in [5.41, 5.74) is 0.0669. The maximum atomic E-state index is 13.3. The average molecular weight is 455 g/mol. The Morgan fingerprint density at radius 3 is 2.42 bits per heavy atom. The Morgan fingerprint density at radius 1 is 1.19 bits per heavy atom. The highest BCUT2D eigenvalue weighted by Gasteiger charge is 2.32. The van der Waals surface area contributed by atoms with Gasteiger partial charge in [-0.2, -0.15) is 4.31 Å². The summed E-state index contributed by atoms with van der Waals surface area (Å²) >= 11 is 0. The molecule has 1 amide bonds. The third-order valence-corrected chi connectivity index (χ3v) is 7.42. The largest absolute Gasteiger partial charge is 0.465 e. The van der Waals surface area contributed by atoms with Crippen molar-refractivity contribution in [2.45, 2.75) is 37.6 Å². The van der Waals surface area contributed by atoms with Crippen molar-refractivity contribution in [3.8, 4) is 0 Å². The fourth-order valence-electron chi connectivity index (χ4n) is 3.71. The first-order valence-electron chi connectivity index (χ1n) is 10.5. The number of likely N-dealkylation sites (tertiary alicyclic amines) is 1. The number of anilines is 1. The third kappa shape index (κ3) is 5.34. The summed E-state index contributed by atoms with van der Waals surface area (Å²) in [5.74, 6) is -0.386. The highest BCUT2D eigenvalue weighted by atomic mass is 32.2. The zero-order valence-electron chi connectivity index (χ0n) is 18.2. The summed E-state index contributed by atoms with van der Waals surface area (Å²) in [6, 6.07) is 1.27. The number of hydrogen-bond donors (Lipinski definition) is 1. The Bertz CT molecular complexity index is 906. The molecule has 172 valence electrons. The number of nitrogens with zero attached hydrogens (tertiary/aromatic N) is 3. The molecule has 0 spiro atoms. The van der Waals surface area contributed by atoms with Gasteiger partial charge in [0.2, 0.25) is 15.9 Å². The number of methoxy groups -OCH3 is 1. The SMILES string of the molecule is COC(=O)c1cnc(NC2CCN(C(=O)C(C)C)CC2)c(S(=O)(=O)N2CCOCC2)c1. The van der Waals surface area contributed by atoms with E-state index in [1.807, 2.05) is 18.7 Å². The van der Waals surface area contributed by atoms with E-state index in [4.69, 9.17) is 9.47 Å². The van der Waals surface area contributed by atoms with Crippen molar-refractivity contribution in [3.05, 3.63) is 17.8 Å². The van der Waals surface area contributed by atoms with Crippen LogP contribution in [0.3, 0.4) is 0 Å². The quantitative estimate of drug-likeness (QED) is 0.631. The van der Waals surface area contributed by atoms with Crippen LogP contribution in [-0.4, -0.2) is 87.0 Å². The van der Waals surface area contributed by atoms with Crippen LogP contribution in [0.15, 0.2) is 17.2 Å². The molecule has 2 fully saturated rings. The number of rotatable bonds is 6. The first kappa shape index (κ1) is 23.4. The minimum absolute atomic E-state index is 0.0358. The molecule has 2 saturated heterocycles. The second-order valence-electron chi connectivity index (χ2n) is 7.98. The van der Waals surface area contributed by atoms with Gasteiger partial charge < -0.3 is 19.7 Å². The molecule has 31 heavy (non-hydrogen) atoms. The lowest BCUT2D eigenvalue weighted by atomic mass is 10.0. The number of aromatic nitrogens is 1. The molecule has 0 aromatic carbocycles. The maximum absolute atomic E-state index is 13.3. The zero-order chi connectivity index (χ0) is 22.6. The van der Waals surface area contributed by atoms with Crippen LogP contribution in [0.1, 0.15) is 37.0 Å². The van der Waals surface area contributed by atoms with Gasteiger partial charge >= 0.3 is 5.97 Å². The summed E-state index contributed by atoms with van der Waals surface area (Å²) in [4.78, 5) is 30.2. The molecule has 1 aromatic heterocycles. The van der Waals surface area contributed by atoms with Crippen molar-refractivity contribution in [1.82, 2.24) is 14.2 Å². The summed E-state index contributed by atoms with van der Waals surface area (Å²) in [6.07, 6.45) is 2.66. The van der Waals surface area contributed by atoms with Crippen LogP contribution in [0.2, 0.25) is 0 Å². The second-order valence-corrected chi connectivity index (χ2v) is 9.88. The van der Waals surface area contributed by atoms with Crippen molar-refractivity contribution < 1.29 is 27.5 Å². The van der Waals surface area contributed by atoms with Crippen LogP contribution >= 0.6 is 0 Å². The van der Waals surface area contributed by atoms with Gasteiger partial charge in [-0.25, -0.2) is 18.2 Å². The first-order chi connectivity index (χ1) is 14.7. The van der Waals surface area contributed by atoms with Gasteiger partial charge in [-0.15, -0.1) is 0 Å². The molecule has 0 aliphatic carbocycles. The van der Waals surface area contributed by atoms with E-state index in [1.165, 1.54) is 23.7 Å². The van der Waals surface area contributed by atoms with Crippen molar-refractivity contribution in [3.63, 3.8) is 0 Å². The lowest BCUT2D eigenvalue weighted by molar-refractivity contribution is -0.135. The van der Waals surface area contributed by atoms with Crippen LogP contribution in [0.4, 0.5) is 5.82 Å². The molecule has 0 radical (unpaired) electrons. The summed E-state index contributed by atoms with van der Waals surface area (Å²) in [5, 5.41) is 3.23. The van der Waals surface area contributed by atoms with E-state index < -0.39 is 16.0 Å². The number of hydrogen-bond acceptors (Lipinski definition) is 8. The molecule has 0 bridgehead atoms. The van der Waals surface area contributed by atoms with E-state index >= 15 is 0 Å². The van der Waals surface area contributed by atoms with Gasteiger partial charge in [-0.05, 0) is 18.9 Å². The predicted octanol–water partition coefficient (Wildman–Crippen LogP) is 0.948. The molecule has 3 heterocycles. The van der Waals surface area contributed by atoms with Crippen molar-refractivity contribution in [1.29, 1.82) is 0 Å². The Labute approximate surface area is 182 Å². The number of ether oxygens (including phenoxy) is 2. The zero-order valence-corrected chi connectivity index (χ0v) is 19.0. The van der Waals surface area contributed by atoms with E-state index in [2.05, 4.69) is 10.3 Å². The normalized spacial score (nSPS) is 18.8. The van der Waals surface area contributed by atoms with Gasteiger partial charge in [0, 0.05) is 44.3 Å². The minimum Gasteiger partial charge on any atom is -0.465 e. The van der Waals surface area contributed by atoms with E-state index in [-0.39, 0.29) is 47.2 Å². The third-order valence-electron chi connectivity index (χ3n) is 5.50. The lowest BCUT2D eigenvalue weighted by Crippen LogP contribution is -2.44. The molecule has 11 heteroatoms. The molecule has 0 unspecified atom stereocenters. The smallest absolute Gasteiger partial charge is 0.339 e. The lowest BCUT2D eigenvalue weighted by Gasteiger charge is -2.34. The van der Waals surface area contributed by atoms with Crippen LogP contribution in [0.5, 0.6) is 0 Å². The number of morpholine rings is 1. The highest BCUT2D eigenvalue weighted by Crippen LogP contribution is 2.27. The van der Waals surface area contributed by atoms with Gasteiger partial charge in [0.1, 0.15) is 10.7 Å². The van der Waals surface area contributed by atoms with Crippen molar-refractivity contribution >= 4 is 27.7 Å². The number of carbonyl (C=O) groups excluding carboxylic acids is 2. The second kappa shape index (κ2) is 9.92. The van der Waals surface area contributed by atoms with Crippen molar-refractivity contribution in [2.24, 2.45) is 5.92 Å². The average Bonchev–Trinajstić information content (AvgIpc) is 2.79. The van der Waals surface area contributed by atoms with Crippen LogP contribution < -0.4 is 5.32 Å². The number of esters is 1. The Hall–Kier alpha value is -2.24. The number of piperidine rings is 1. The fraction of sp³-hybridized carbons (Fsp3) is 0.650. The fourth-order valence-corrected chi connectivity index (χ4v) is 5.25. The van der Waals surface area contributed by atoms with E-state index in [0.29, 0.717) is 39.1 Å². The van der Waals surface area contributed by atoms with Crippen molar-refractivity contribution in [2.75, 3.05) is 51.8 Å². The molecule has 2 aliphatic heterocycles. The van der Waals surface area contributed by atoms with Gasteiger partial charge in [0.25, 0.3) is 0 Å². The molecule has 0 atom stereocenters. The monoisotopic (exact) mass is 454 g/mol. The summed E-state index contributed by atoms with van der Waals surface area (Å²) in [7, 11) is -2.65. The number of nitrogens with one attached hydrogen (secondary N) is 1. The molecule has 3 rings (SSSR count). The van der Waals surface area contributed by atoms with E-state index in [1.54, 1.807) is 0 Å². The molecule has 0 saturated carbocycles. The Kier molecular flexibility index (Phi) is 7.50. The predicted molar refractivity (Wildman–Crippen MR) is 113 cm³/mol. The van der Waals surface area contributed by atoms with Crippen LogP contribution in [0.25, 0.3) is 0 Å². The van der Waals surface area contributed by atoms with Gasteiger partial charge in [0.15, 0.2) is 0 Å².